The fourth-order valence-electron chi connectivity index (χ4n) is 3.35. The first-order valence-electron chi connectivity index (χ1n) is 8.77. The summed E-state index contributed by atoms with van der Waals surface area (Å²) in [6.07, 6.45) is 1.49. The van der Waals surface area contributed by atoms with E-state index in [0.717, 1.165) is 29.9 Å². The van der Waals surface area contributed by atoms with Crippen LogP contribution in [0.5, 0.6) is 5.75 Å². The van der Waals surface area contributed by atoms with Gasteiger partial charge in [-0.2, -0.15) is 0 Å². The minimum absolute atomic E-state index is 0.0226. The molecule has 0 radical (unpaired) electrons. The Hall–Kier alpha value is -3.08. The van der Waals surface area contributed by atoms with Gasteiger partial charge in [0.2, 0.25) is 5.91 Å². The predicted molar refractivity (Wildman–Crippen MR) is 102 cm³/mol. The Kier molecular flexibility index (Phi) is 4.21. The zero-order chi connectivity index (χ0) is 18.1. The molecule has 1 saturated heterocycles. The number of para-hydroxylation sites is 1. The molecule has 2 heterocycles. The number of amides is 1. The maximum atomic E-state index is 12.5. The van der Waals surface area contributed by atoms with Gasteiger partial charge in [-0.3, -0.25) is 9.59 Å². The van der Waals surface area contributed by atoms with E-state index in [1.807, 2.05) is 55.5 Å². The van der Waals surface area contributed by atoms with E-state index in [1.165, 1.54) is 0 Å². The van der Waals surface area contributed by atoms with Crippen molar-refractivity contribution in [1.29, 1.82) is 0 Å². The minimum atomic E-state index is 0.0226. The van der Waals surface area contributed by atoms with E-state index in [0.29, 0.717) is 23.1 Å². The number of aromatic nitrogens is 1. The van der Waals surface area contributed by atoms with Gasteiger partial charge in [0.25, 0.3) is 0 Å². The van der Waals surface area contributed by atoms with E-state index in [9.17, 15) is 9.59 Å². The summed E-state index contributed by atoms with van der Waals surface area (Å²) < 4.78 is 5.90. The molecule has 132 valence electrons. The van der Waals surface area contributed by atoms with Crippen molar-refractivity contribution in [3.63, 3.8) is 0 Å². The molecule has 1 N–H and O–H groups in total. The number of ether oxygens (including phenoxy) is 1. The predicted octanol–water partition coefficient (Wildman–Crippen LogP) is 3.54. The van der Waals surface area contributed by atoms with E-state index in [2.05, 4.69) is 4.98 Å². The van der Waals surface area contributed by atoms with Crippen LogP contribution in [0, 0.1) is 6.92 Å². The largest absolute Gasteiger partial charge is 0.487 e. The zero-order valence-electron chi connectivity index (χ0n) is 14.6. The fraction of sp³-hybridized carbons (Fsp3) is 0.238. The van der Waals surface area contributed by atoms with Gasteiger partial charge >= 0.3 is 0 Å². The third kappa shape index (κ3) is 2.96. The molecule has 2 aromatic carbocycles. The molecule has 5 nitrogen and oxygen atoms in total. The molecule has 1 aromatic heterocycles. The fourth-order valence-corrected chi connectivity index (χ4v) is 3.35. The molecule has 0 spiro atoms. The molecule has 0 aliphatic carbocycles. The lowest BCUT2D eigenvalue weighted by atomic mass is 10.1. The summed E-state index contributed by atoms with van der Waals surface area (Å²) in [7, 11) is 0. The minimum Gasteiger partial charge on any atom is -0.487 e. The van der Waals surface area contributed by atoms with Gasteiger partial charge in [-0.25, -0.2) is 0 Å². The summed E-state index contributed by atoms with van der Waals surface area (Å²) in [5.41, 5.74) is 3.10. The highest BCUT2D eigenvalue weighted by Crippen LogP contribution is 2.26. The third-order valence-corrected chi connectivity index (χ3v) is 4.84. The van der Waals surface area contributed by atoms with Crippen LogP contribution < -0.4 is 15.1 Å². The smallest absolute Gasteiger partial charge is 0.227 e. The van der Waals surface area contributed by atoms with Gasteiger partial charge < -0.3 is 14.6 Å². The number of H-pyrrole nitrogens is 1. The van der Waals surface area contributed by atoms with Crippen LogP contribution in [0.2, 0.25) is 0 Å². The van der Waals surface area contributed by atoms with Crippen LogP contribution in [0.3, 0.4) is 0 Å². The molecular weight excluding hydrogens is 328 g/mol. The van der Waals surface area contributed by atoms with E-state index < -0.39 is 0 Å². The Balaban J connectivity index is 1.58. The highest BCUT2D eigenvalue weighted by molar-refractivity contribution is 5.95. The van der Waals surface area contributed by atoms with Gasteiger partial charge in [-0.1, -0.05) is 18.2 Å². The second-order valence-electron chi connectivity index (χ2n) is 6.54. The van der Waals surface area contributed by atoms with E-state index in [4.69, 9.17) is 4.74 Å². The standard InChI is InChI=1S/C21H20N2O3/c1-14-19(22-18-9-3-2-8-17(18)21(14)25)13-26-16-7-4-6-15(12-16)23-11-5-10-20(23)24/h2-4,6-9,12H,5,10-11,13H2,1H3,(H,22,25). The number of nitrogens with zero attached hydrogens (tertiary/aromatic N) is 1. The maximum absolute atomic E-state index is 12.5. The summed E-state index contributed by atoms with van der Waals surface area (Å²) in [4.78, 5) is 29.5. The van der Waals surface area contributed by atoms with Gasteiger partial charge in [0.05, 0.1) is 5.69 Å². The summed E-state index contributed by atoms with van der Waals surface area (Å²) in [6.45, 7) is 2.83. The first-order chi connectivity index (χ1) is 12.6. The van der Waals surface area contributed by atoms with Crippen molar-refractivity contribution in [3.05, 3.63) is 70.0 Å². The summed E-state index contributed by atoms with van der Waals surface area (Å²) in [5, 5.41) is 0.684. The lowest BCUT2D eigenvalue weighted by Crippen LogP contribution is -2.23. The average Bonchev–Trinajstić information content (AvgIpc) is 3.10. The van der Waals surface area contributed by atoms with Crippen molar-refractivity contribution in [2.75, 3.05) is 11.4 Å². The van der Waals surface area contributed by atoms with Crippen LogP contribution in [-0.2, 0) is 11.4 Å². The Labute approximate surface area is 151 Å². The number of aromatic amines is 1. The van der Waals surface area contributed by atoms with Crippen molar-refractivity contribution >= 4 is 22.5 Å². The Morgan fingerprint density at radius 1 is 1.12 bits per heavy atom. The lowest BCUT2D eigenvalue weighted by molar-refractivity contribution is -0.117. The molecule has 0 saturated carbocycles. The molecule has 26 heavy (non-hydrogen) atoms. The molecule has 1 aliphatic heterocycles. The average molecular weight is 348 g/mol. The van der Waals surface area contributed by atoms with Crippen LogP contribution in [-0.4, -0.2) is 17.4 Å². The van der Waals surface area contributed by atoms with Crippen LogP contribution in [0.1, 0.15) is 24.1 Å². The number of benzene rings is 2. The zero-order valence-corrected chi connectivity index (χ0v) is 14.6. The highest BCUT2D eigenvalue weighted by Gasteiger charge is 2.21. The molecule has 0 bridgehead atoms. The van der Waals surface area contributed by atoms with Crippen LogP contribution >= 0.6 is 0 Å². The van der Waals surface area contributed by atoms with Gasteiger partial charge in [-0.15, -0.1) is 0 Å². The maximum Gasteiger partial charge on any atom is 0.227 e. The molecule has 4 rings (SSSR count). The van der Waals surface area contributed by atoms with Crippen molar-refractivity contribution in [2.24, 2.45) is 0 Å². The van der Waals surface area contributed by atoms with E-state index in [-0.39, 0.29) is 17.9 Å². The molecular formula is C21H20N2O3. The number of carbonyl (C=O) groups excluding carboxylic acids is 1. The monoisotopic (exact) mass is 348 g/mol. The molecule has 3 aromatic rings. The first kappa shape index (κ1) is 16.4. The van der Waals surface area contributed by atoms with Crippen molar-refractivity contribution in [2.45, 2.75) is 26.4 Å². The number of anilines is 1. The van der Waals surface area contributed by atoms with Gasteiger partial charge in [0.1, 0.15) is 12.4 Å². The molecule has 0 atom stereocenters. The van der Waals surface area contributed by atoms with E-state index in [1.54, 1.807) is 4.90 Å². The first-order valence-corrected chi connectivity index (χ1v) is 8.77. The molecule has 1 fully saturated rings. The molecule has 5 heteroatoms. The van der Waals surface area contributed by atoms with Crippen molar-refractivity contribution < 1.29 is 9.53 Å². The topological polar surface area (TPSA) is 62.4 Å². The van der Waals surface area contributed by atoms with Crippen molar-refractivity contribution in [1.82, 2.24) is 4.98 Å². The van der Waals surface area contributed by atoms with Gasteiger partial charge in [-0.05, 0) is 37.6 Å². The SMILES string of the molecule is Cc1c(COc2cccc(N3CCCC3=O)c2)[nH]c2ccccc2c1=O. The molecule has 1 aliphatic rings. The number of rotatable bonds is 4. The molecule has 0 unspecified atom stereocenters. The number of hydrogen-bond donors (Lipinski definition) is 1. The van der Waals surface area contributed by atoms with Gasteiger partial charge in [0.15, 0.2) is 5.43 Å². The second-order valence-corrected chi connectivity index (χ2v) is 6.54. The Morgan fingerprint density at radius 2 is 1.96 bits per heavy atom. The van der Waals surface area contributed by atoms with Crippen LogP contribution in [0.15, 0.2) is 53.3 Å². The summed E-state index contributed by atoms with van der Waals surface area (Å²) in [6, 6.07) is 15.0. The van der Waals surface area contributed by atoms with E-state index >= 15 is 0 Å². The molecule has 1 amide bonds. The summed E-state index contributed by atoms with van der Waals surface area (Å²) in [5.74, 6) is 0.826. The van der Waals surface area contributed by atoms with Gasteiger partial charge in [0, 0.05) is 41.2 Å². The number of pyridine rings is 1. The Morgan fingerprint density at radius 3 is 2.77 bits per heavy atom. The quantitative estimate of drug-likeness (QED) is 0.784. The third-order valence-electron chi connectivity index (χ3n) is 4.84. The number of fused-ring (bicyclic) bond motifs is 1. The van der Waals surface area contributed by atoms with Crippen LogP contribution in [0.25, 0.3) is 10.9 Å². The summed E-state index contributed by atoms with van der Waals surface area (Å²) >= 11 is 0. The number of carbonyl (C=O) groups is 1. The Bertz CT molecular complexity index is 1040. The highest BCUT2D eigenvalue weighted by atomic mass is 16.5. The lowest BCUT2D eigenvalue weighted by Gasteiger charge is -2.17. The normalized spacial score (nSPS) is 14.2. The van der Waals surface area contributed by atoms with Crippen molar-refractivity contribution in [3.8, 4) is 5.75 Å². The van der Waals surface area contributed by atoms with Crippen LogP contribution in [0.4, 0.5) is 5.69 Å². The number of hydrogen-bond acceptors (Lipinski definition) is 3. The second kappa shape index (κ2) is 6.67. The number of nitrogens with one attached hydrogen (secondary N) is 1.